The summed E-state index contributed by atoms with van der Waals surface area (Å²) in [6.45, 7) is 5.71. The monoisotopic (exact) mass is 450 g/mol. The van der Waals surface area contributed by atoms with E-state index < -0.39 is 0 Å². The van der Waals surface area contributed by atoms with E-state index >= 15 is 0 Å². The maximum absolute atomic E-state index is 13.3. The molecular formula is C29H30N4O. The van der Waals surface area contributed by atoms with Gasteiger partial charge in [0, 0.05) is 50.5 Å². The van der Waals surface area contributed by atoms with Crippen LogP contribution in [0.4, 0.5) is 5.69 Å². The van der Waals surface area contributed by atoms with Crippen molar-refractivity contribution in [3.63, 3.8) is 0 Å². The molecule has 5 heteroatoms. The van der Waals surface area contributed by atoms with Crippen LogP contribution >= 0.6 is 0 Å². The molecule has 0 amide bonds. The lowest BCUT2D eigenvalue weighted by Crippen LogP contribution is -2.46. The minimum Gasteiger partial charge on any atom is -0.369 e. The molecular weight excluding hydrogens is 420 g/mol. The molecule has 34 heavy (non-hydrogen) atoms. The number of para-hydroxylation sites is 1. The highest BCUT2D eigenvalue weighted by Crippen LogP contribution is 2.22. The third-order valence-corrected chi connectivity index (χ3v) is 6.47. The fourth-order valence-corrected chi connectivity index (χ4v) is 4.58. The van der Waals surface area contributed by atoms with Crippen molar-refractivity contribution >= 4 is 5.69 Å². The van der Waals surface area contributed by atoms with Gasteiger partial charge in [-0.2, -0.15) is 5.10 Å². The molecule has 172 valence electrons. The lowest BCUT2D eigenvalue weighted by atomic mass is 10.0. The van der Waals surface area contributed by atoms with E-state index in [0.29, 0.717) is 12.1 Å². The zero-order chi connectivity index (χ0) is 23.2. The number of anilines is 1. The second-order valence-corrected chi connectivity index (χ2v) is 8.72. The van der Waals surface area contributed by atoms with Gasteiger partial charge >= 0.3 is 0 Å². The topological polar surface area (TPSA) is 41.4 Å². The first-order valence-corrected chi connectivity index (χ1v) is 12.0. The summed E-state index contributed by atoms with van der Waals surface area (Å²) >= 11 is 0. The molecule has 5 nitrogen and oxygen atoms in total. The van der Waals surface area contributed by atoms with Crippen LogP contribution in [-0.2, 0) is 6.54 Å². The van der Waals surface area contributed by atoms with Gasteiger partial charge in [0.25, 0.3) is 5.56 Å². The van der Waals surface area contributed by atoms with E-state index in [9.17, 15) is 4.79 Å². The molecule has 0 aliphatic carbocycles. The van der Waals surface area contributed by atoms with Gasteiger partial charge < -0.3 is 4.90 Å². The van der Waals surface area contributed by atoms with Gasteiger partial charge in [0.05, 0.1) is 11.3 Å². The molecule has 5 rings (SSSR count). The third kappa shape index (κ3) is 5.10. The number of hydrogen-bond acceptors (Lipinski definition) is 4. The predicted octanol–water partition coefficient (Wildman–Crippen LogP) is 4.79. The average Bonchev–Trinajstić information content (AvgIpc) is 2.91. The quantitative estimate of drug-likeness (QED) is 0.406. The van der Waals surface area contributed by atoms with Crippen molar-refractivity contribution in [3.8, 4) is 22.4 Å². The van der Waals surface area contributed by atoms with Crippen molar-refractivity contribution in [1.82, 2.24) is 14.7 Å². The van der Waals surface area contributed by atoms with Gasteiger partial charge in [-0.1, -0.05) is 78.9 Å². The van der Waals surface area contributed by atoms with Gasteiger partial charge in [-0.25, -0.2) is 4.68 Å². The van der Waals surface area contributed by atoms with Crippen LogP contribution in [-0.4, -0.2) is 47.4 Å². The first-order chi connectivity index (χ1) is 16.8. The number of benzene rings is 3. The highest BCUT2D eigenvalue weighted by molar-refractivity contribution is 5.69. The Morgan fingerprint density at radius 2 is 1.26 bits per heavy atom. The molecule has 0 bridgehead atoms. The van der Waals surface area contributed by atoms with Crippen molar-refractivity contribution in [1.29, 1.82) is 0 Å². The summed E-state index contributed by atoms with van der Waals surface area (Å²) in [5, 5.41) is 4.74. The Bertz CT molecular complexity index is 1250. The molecule has 2 heterocycles. The number of nitrogens with zero attached hydrogens (tertiary/aromatic N) is 4. The van der Waals surface area contributed by atoms with Crippen molar-refractivity contribution in [2.75, 3.05) is 37.6 Å². The smallest absolute Gasteiger partial charge is 0.274 e. The van der Waals surface area contributed by atoms with Gasteiger partial charge in [0.1, 0.15) is 0 Å². The van der Waals surface area contributed by atoms with Crippen LogP contribution in [0.3, 0.4) is 0 Å². The van der Waals surface area contributed by atoms with Crippen molar-refractivity contribution < 1.29 is 0 Å². The predicted molar refractivity (Wildman–Crippen MR) is 139 cm³/mol. The number of aryl methyl sites for hydroxylation is 1. The minimum atomic E-state index is -0.0280. The van der Waals surface area contributed by atoms with E-state index in [-0.39, 0.29) is 5.56 Å². The zero-order valence-corrected chi connectivity index (χ0v) is 19.4. The molecule has 1 aromatic heterocycles. The van der Waals surface area contributed by atoms with Crippen LogP contribution in [0.1, 0.15) is 6.42 Å². The maximum atomic E-state index is 13.3. The van der Waals surface area contributed by atoms with E-state index in [0.717, 1.165) is 56.0 Å². The number of rotatable bonds is 7. The average molecular weight is 451 g/mol. The summed E-state index contributed by atoms with van der Waals surface area (Å²) < 4.78 is 1.66. The first-order valence-electron chi connectivity index (χ1n) is 12.0. The van der Waals surface area contributed by atoms with Gasteiger partial charge in [-0.05, 0) is 30.2 Å². The molecule has 3 aromatic carbocycles. The van der Waals surface area contributed by atoms with Crippen LogP contribution in [0.15, 0.2) is 102 Å². The molecule has 0 saturated carbocycles. The van der Waals surface area contributed by atoms with E-state index in [2.05, 4.69) is 40.1 Å². The number of hydrogen-bond donors (Lipinski definition) is 0. The normalized spacial score (nSPS) is 14.3. The summed E-state index contributed by atoms with van der Waals surface area (Å²) in [5.74, 6) is 0. The van der Waals surface area contributed by atoms with E-state index in [1.165, 1.54) is 5.69 Å². The van der Waals surface area contributed by atoms with Crippen LogP contribution in [0.25, 0.3) is 22.4 Å². The van der Waals surface area contributed by atoms with Gasteiger partial charge in [0.2, 0.25) is 0 Å². The summed E-state index contributed by atoms with van der Waals surface area (Å²) in [7, 11) is 0. The summed E-state index contributed by atoms with van der Waals surface area (Å²) in [6.07, 6.45) is 0.894. The Hall–Kier alpha value is -3.70. The van der Waals surface area contributed by atoms with E-state index in [1.54, 1.807) is 4.68 Å². The Morgan fingerprint density at radius 3 is 1.91 bits per heavy atom. The van der Waals surface area contributed by atoms with E-state index in [4.69, 9.17) is 5.10 Å². The van der Waals surface area contributed by atoms with Crippen LogP contribution in [0.2, 0.25) is 0 Å². The molecule has 1 fully saturated rings. The molecule has 4 aromatic rings. The Morgan fingerprint density at radius 1 is 0.676 bits per heavy atom. The molecule has 0 unspecified atom stereocenters. The van der Waals surface area contributed by atoms with E-state index in [1.807, 2.05) is 66.7 Å². The molecule has 0 spiro atoms. The Labute approximate surface area is 200 Å². The standard InChI is InChI=1S/C29H30N4O/c34-29-27(24-11-4-1-5-12-24)23-28(25-13-6-2-7-14-25)30-33(29)18-10-17-31-19-21-32(22-20-31)26-15-8-3-9-16-26/h1-9,11-16,23H,10,17-22H2. The zero-order valence-electron chi connectivity index (χ0n) is 19.4. The fraction of sp³-hybridized carbons (Fsp3) is 0.241. The van der Waals surface area contributed by atoms with Crippen molar-refractivity contribution in [2.45, 2.75) is 13.0 Å². The molecule has 1 saturated heterocycles. The van der Waals surface area contributed by atoms with Crippen LogP contribution < -0.4 is 10.5 Å². The molecule has 0 N–H and O–H groups in total. The van der Waals surface area contributed by atoms with Gasteiger partial charge in [-0.15, -0.1) is 0 Å². The molecule has 0 radical (unpaired) electrons. The number of piperazine rings is 1. The van der Waals surface area contributed by atoms with Gasteiger partial charge in [0.15, 0.2) is 0 Å². The lowest BCUT2D eigenvalue weighted by molar-refractivity contribution is 0.248. The maximum Gasteiger partial charge on any atom is 0.274 e. The summed E-state index contributed by atoms with van der Waals surface area (Å²) in [6, 6.07) is 32.5. The highest BCUT2D eigenvalue weighted by Gasteiger charge is 2.17. The number of aromatic nitrogens is 2. The second kappa shape index (κ2) is 10.5. The third-order valence-electron chi connectivity index (χ3n) is 6.47. The fourth-order valence-electron chi connectivity index (χ4n) is 4.58. The molecule has 1 aliphatic heterocycles. The SMILES string of the molecule is O=c1c(-c2ccccc2)cc(-c2ccccc2)nn1CCCN1CCN(c2ccccc2)CC1. The second-order valence-electron chi connectivity index (χ2n) is 8.72. The first kappa shape index (κ1) is 22.1. The van der Waals surface area contributed by atoms with Gasteiger partial charge in [-0.3, -0.25) is 9.69 Å². The van der Waals surface area contributed by atoms with Crippen LogP contribution in [0, 0.1) is 0 Å². The van der Waals surface area contributed by atoms with Crippen molar-refractivity contribution in [3.05, 3.63) is 107 Å². The van der Waals surface area contributed by atoms with Crippen molar-refractivity contribution in [2.24, 2.45) is 0 Å². The summed E-state index contributed by atoms with van der Waals surface area (Å²) in [4.78, 5) is 18.2. The van der Waals surface area contributed by atoms with Crippen LogP contribution in [0.5, 0.6) is 0 Å². The minimum absolute atomic E-state index is 0.0280. The highest BCUT2D eigenvalue weighted by atomic mass is 16.1. The Balaban J connectivity index is 1.28. The molecule has 0 atom stereocenters. The Kier molecular flexibility index (Phi) is 6.82. The largest absolute Gasteiger partial charge is 0.369 e. The molecule has 1 aliphatic rings. The summed E-state index contributed by atoms with van der Waals surface area (Å²) in [5.41, 5.74) is 4.74. The lowest BCUT2D eigenvalue weighted by Gasteiger charge is -2.36.